The molecule has 2 fully saturated rings. The fourth-order valence-corrected chi connectivity index (χ4v) is 4.83. The van der Waals surface area contributed by atoms with Crippen LogP contribution in [0.3, 0.4) is 0 Å². The predicted octanol–water partition coefficient (Wildman–Crippen LogP) is 1.61. The van der Waals surface area contributed by atoms with Crippen LogP contribution >= 0.6 is 0 Å². The van der Waals surface area contributed by atoms with Crippen molar-refractivity contribution < 1.29 is 9.53 Å². The number of aromatic nitrogens is 2. The van der Waals surface area contributed by atoms with Crippen LogP contribution < -0.4 is 10.2 Å². The molecule has 4 rings (SSSR count). The molecule has 2 saturated heterocycles. The Bertz CT molecular complexity index is 667. The molecule has 1 spiro atoms. The molecule has 7 heteroatoms. The minimum Gasteiger partial charge on any atom is -0.375 e. The summed E-state index contributed by atoms with van der Waals surface area (Å²) in [4.78, 5) is 26.0. The highest BCUT2D eigenvalue weighted by Gasteiger charge is 2.46. The Morgan fingerprint density at radius 2 is 2.16 bits per heavy atom. The molecular weight excluding hydrogens is 318 g/mol. The summed E-state index contributed by atoms with van der Waals surface area (Å²) in [5, 5.41) is 3.38. The van der Waals surface area contributed by atoms with Gasteiger partial charge in [-0.2, -0.15) is 0 Å². The zero-order chi connectivity index (χ0) is 17.4. The van der Waals surface area contributed by atoms with Gasteiger partial charge in [-0.15, -0.1) is 0 Å². The number of amides is 1. The van der Waals surface area contributed by atoms with Crippen LogP contribution in [-0.2, 0) is 9.53 Å². The molecule has 3 aliphatic rings. The van der Waals surface area contributed by atoms with Crippen LogP contribution in [-0.4, -0.2) is 66.2 Å². The van der Waals surface area contributed by atoms with Crippen LogP contribution in [0.25, 0.3) is 0 Å². The van der Waals surface area contributed by atoms with Gasteiger partial charge in [0.15, 0.2) is 0 Å². The molecule has 0 radical (unpaired) electrons. The van der Waals surface area contributed by atoms with Crippen LogP contribution in [0.15, 0.2) is 6.33 Å². The SMILES string of the molecule is COCC(=O)N1CCCC12CCCN(c1ncnc3c1C(C)CN3)C2. The van der Waals surface area contributed by atoms with Gasteiger partial charge in [-0.1, -0.05) is 6.92 Å². The largest absolute Gasteiger partial charge is 0.375 e. The molecule has 3 aliphatic heterocycles. The number of carbonyl (C=O) groups is 1. The van der Waals surface area contributed by atoms with Crippen molar-refractivity contribution in [2.75, 3.05) is 50.1 Å². The minimum atomic E-state index is -0.0685. The number of likely N-dealkylation sites (tertiary alicyclic amines) is 1. The van der Waals surface area contributed by atoms with Crippen molar-refractivity contribution in [2.45, 2.75) is 44.1 Å². The Labute approximate surface area is 148 Å². The van der Waals surface area contributed by atoms with E-state index in [0.717, 1.165) is 63.5 Å². The van der Waals surface area contributed by atoms with E-state index in [0.29, 0.717) is 5.92 Å². The zero-order valence-electron chi connectivity index (χ0n) is 15.1. The molecule has 0 saturated carbocycles. The molecule has 0 aromatic carbocycles. The first-order valence-corrected chi connectivity index (χ1v) is 9.28. The smallest absolute Gasteiger partial charge is 0.249 e. The van der Waals surface area contributed by atoms with Gasteiger partial charge in [0, 0.05) is 44.8 Å². The number of fused-ring (bicyclic) bond motifs is 1. The van der Waals surface area contributed by atoms with E-state index in [1.807, 2.05) is 0 Å². The first-order valence-electron chi connectivity index (χ1n) is 9.28. The number of hydrogen-bond donors (Lipinski definition) is 1. The second-order valence-corrected chi connectivity index (χ2v) is 7.57. The van der Waals surface area contributed by atoms with Gasteiger partial charge in [-0.3, -0.25) is 4.79 Å². The Kier molecular flexibility index (Phi) is 4.27. The molecule has 1 N–H and O–H groups in total. The lowest BCUT2D eigenvalue weighted by atomic mass is 9.86. The quantitative estimate of drug-likeness (QED) is 0.898. The van der Waals surface area contributed by atoms with Gasteiger partial charge in [-0.25, -0.2) is 9.97 Å². The molecule has 2 unspecified atom stereocenters. The number of carbonyl (C=O) groups excluding carboxylic acids is 1. The summed E-state index contributed by atoms with van der Waals surface area (Å²) in [6.07, 6.45) is 5.95. The Morgan fingerprint density at radius 1 is 1.36 bits per heavy atom. The highest BCUT2D eigenvalue weighted by molar-refractivity contribution is 5.79. The average Bonchev–Trinajstić information content (AvgIpc) is 3.19. The Balaban J connectivity index is 1.62. The van der Waals surface area contributed by atoms with Crippen molar-refractivity contribution in [3.8, 4) is 0 Å². The minimum absolute atomic E-state index is 0.0685. The third-order valence-corrected chi connectivity index (χ3v) is 5.95. The van der Waals surface area contributed by atoms with Gasteiger partial charge >= 0.3 is 0 Å². The highest BCUT2D eigenvalue weighted by Crippen LogP contribution is 2.41. The van der Waals surface area contributed by atoms with Crippen LogP contribution in [0.2, 0.25) is 0 Å². The van der Waals surface area contributed by atoms with E-state index in [1.165, 1.54) is 5.56 Å². The summed E-state index contributed by atoms with van der Waals surface area (Å²) < 4.78 is 5.10. The van der Waals surface area contributed by atoms with Gasteiger partial charge in [0.1, 0.15) is 24.6 Å². The van der Waals surface area contributed by atoms with Crippen molar-refractivity contribution in [1.82, 2.24) is 14.9 Å². The number of anilines is 2. The summed E-state index contributed by atoms with van der Waals surface area (Å²) >= 11 is 0. The van der Waals surface area contributed by atoms with E-state index in [-0.39, 0.29) is 18.1 Å². The summed E-state index contributed by atoms with van der Waals surface area (Å²) in [6.45, 7) is 6.00. The van der Waals surface area contributed by atoms with Crippen LogP contribution in [0, 0.1) is 0 Å². The van der Waals surface area contributed by atoms with Crippen LogP contribution in [0.4, 0.5) is 11.6 Å². The van der Waals surface area contributed by atoms with Crippen LogP contribution in [0.1, 0.15) is 44.1 Å². The van der Waals surface area contributed by atoms with Crippen LogP contribution in [0.5, 0.6) is 0 Å². The maximum Gasteiger partial charge on any atom is 0.249 e. The standard InChI is InChI=1S/C18H27N5O2/c1-13-9-19-16-15(13)17(21-12-20-16)22-7-3-5-18(11-22)6-4-8-23(18)14(24)10-25-2/h12-13H,3-11H2,1-2H3,(H,19,20,21). The third-order valence-electron chi connectivity index (χ3n) is 5.95. The van der Waals surface area contributed by atoms with Crippen molar-refractivity contribution in [1.29, 1.82) is 0 Å². The fourth-order valence-electron chi connectivity index (χ4n) is 4.83. The molecule has 1 amide bonds. The van der Waals surface area contributed by atoms with Gasteiger partial charge in [-0.05, 0) is 25.7 Å². The summed E-state index contributed by atoms with van der Waals surface area (Å²) in [5.74, 6) is 2.55. The molecule has 0 bridgehead atoms. The predicted molar refractivity (Wildman–Crippen MR) is 95.9 cm³/mol. The van der Waals surface area contributed by atoms with E-state index in [9.17, 15) is 4.79 Å². The average molecular weight is 345 g/mol. The number of methoxy groups -OCH3 is 1. The lowest BCUT2D eigenvalue weighted by molar-refractivity contribution is -0.139. The van der Waals surface area contributed by atoms with E-state index in [2.05, 4.69) is 32.0 Å². The summed E-state index contributed by atoms with van der Waals surface area (Å²) in [5.41, 5.74) is 1.16. The fraction of sp³-hybridized carbons (Fsp3) is 0.722. The lowest BCUT2D eigenvalue weighted by Crippen LogP contribution is -2.58. The number of ether oxygens (including phenoxy) is 1. The van der Waals surface area contributed by atoms with E-state index < -0.39 is 0 Å². The molecule has 1 aromatic rings. The third kappa shape index (κ3) is 2.74. The molecule has 7 nitrogen and oxygen atoms in total. The zero-order valence-corrected chi connectivity index (χ0v) is 15.1. The number of piperidine rings is 1. The number of nitrogens with zero attached hydrogens (tertiary/aromatic N) is 4. The Morgan fingerprint density at radius 3 is 2.96 bits per heavy atom. The molecule has 2 atom stereocenters. The van der Waals surface area contributed by atoms with Crippen molar-refractivity contribution in [3.05, 3.63) is 11.9 Å². The molecule has 4 heterocycles. The van der Waals surface area contributed by atoms with Crippen molar-refractivity contribution >= 4 is 17.5 Å². The topological polar surface area (TPSA) is 70.6 Å². The maximum absolute atomic E-state index is 12.5. The first kappa shape index (κ1) is 16.6. The van der Waals surface area contributed by atoms with Gasteiger partial charge in [0.05, 0.1) is 5.54 Å². The Hall–Kier alpha value is -1.89. The van der Waals surface area contributed by atoms with Gasteiger partial charge in [0.2, 0.25) is 5.91 Å². The lowest BCUT2D eigenvalue weighted by Gasteiger charge is -2.46. The van der Waals surface area contributed by atoms with E-state index in [1.54, 1.807) is 13.4 Å². The first-order chi connectivity index (χ1) is 12.1. The maximum atomic E-state index is 12.5. The monoisotopic (exact) mass is 345 g/mol. The normalized spacial score (nSPS) is 28.3. The second-order valence-electron chi connectivity index (χ2n) is 7.57. The number of rotatable bonds is 3. The van der Waals surface area contributed by atoms with Gasteiger partial charge in [0.25, 0.3) is 0 Å². The van der Waals surface area contributed by atoms with Crippen molar-refractivity contribution in [3.63, 3.8) is 0 Å². The molecule has 25 heavy (non-hydrogen) atoms. The summed E-state index contributed by atoms with van der Waals surface area (Å²) in [6, 6.07) is 0. The second kappa shape index (κ2) is 6.44. The highest BCUT2D eigenvalue weighted by atomic mass is 16.5. The van der Waals surface area contributed by atoms with Crippen molar-refractivity contribution in [2.24, 2.45) is 0 Å². The van der Waals surface area contributed by atoms with E-state index in [4.69, 9.17) is 4.74 Å². The molecule has 136 valence electrons. The molecular formula is C18H27N5O2. The molecule has 0 aliphatic carbocycles. The number of nitrogens with one attached hydrogen (secondary N) is 1. The van der Waals surface area contributed by atoms with E-state index >= 15 is 0 Å². The molecule has 1 aromatic heterocycles. The number of hydrogen-bond acceptors (Lipinski definition) is 6. The van der Waals surface area contributed by atoms with Gasteiger partial charge < -0.3 is 19.9 Å². The summed E-state index contributed by atoms with van der Waals surface area (Å²) in [7, 11) is 1.59.